The number of benzene rings is 3. The fourth-order valence-electron chi connectivity index (χ4n) is 6.10. The van der Waals surface area contributed by atoms with E-state index in [2.05, 4.69) is 0 Å². The minimum Gasteiger partial charge on any atom is -0.493 e. The smallest absolute Gasteiger partial charge is 0.422 e. The number of methoxy groups -OCH3 is 1. The molecule has 1 unspecified atom stereocenters. The Bertz CT molecular complexity index is 1740. The maximum Gasteiger partial charge on any atom is 0.422 e. The Morgan fingerprint density at radius 1 is 1.02 bits per heavy atom. The second-order valence-electron chi connectivity index (χ2n) is 11.9. The van der Waals surface area contributed by atoms with Gasteiger partial charge in [0, 0.05) is 67.4 Å². The number of carbonyl (C=O) groups excluding carboxylic acids is 1. The quantitative estimate of drug-likeness (QED) is 0.0989. The van der Waals surface area contributed by atoms with E-state index < -0.39 is 28.8 Å². The fraction of sp³-hybridized carbons (Fsp3) is 0.400. The number of fused-ring (bicyclic) bond motifs is 1. The van der Waals surface area contributed by atoms with Crippen molar-refractivity contribution < 1.29 is 42.2 Å². The number of aliphatic hydroxyl groups is 1. The average molecular weight is 670 g/mol. The molecule has 2 heterocycles. The van der Waals surface area contributed by atoms with E-state index in [0.717, 1.165) is 17.2 Å². The van der Waals surface area contributed by atoms with Crippen molar-refractivity contribution in [3.63, 3.8) is 0 Å². The molecule has 0 bridgehead atoms. The molecule has 256 valence electrons. The number of piperidine rings is 1. The lowest BCUT2D eigenvalue weighted by molar-refractivity contribution is -0.384. The lowest BCUT2D eigenvalue weighted by Gasteiger charge is -2.39. The molecule has 48 heavy (non-hydrogen) atoms. The summed E-state index contributed by atoms with van der Waals surface area (Å²) < 4.78 is 62.9. The number of nitro benzene ring substituents is 1. The van der Waals surface area contributed by atoms with Crippen LogP contribution in [0.5, 0.6) is 11.5 Å². The molecular weight excluding hydrogens is 631 g/mol. The maximum atomic E-state index is 14.9. The summed E-state index contributed by atoms with van der Waals surface area (Å²) in [6.07, 6.45) is -2.66. The molecule has 1 atom stereocenters. The molecule has 3 aromatic carbocycles. The molecule has 0 aliphatic carbocycles. The number of halogens is 3. The van der Waals surface area contributed by atoms with Crippen molar-refractivity contribution in [2.24, 2.45) is 0 Å². The minimum absolute atomic E-state index is 0.0315. The lowest BCUT2D eigenvalue weighted by atomic mass is 9.91. The zero-order valence-electron chi connectivity index (χ0n) is 26.7. The second kappa shape index (κ2) is 14.7. The molecule has 1 N–H and O–H groups in total. The first-order valence-electron chi connectivity index (χ1n) is 15.7. The highest BCUT2D eigenvalue weighted by Gasteiger charge is 2.57. The predicted octanol–water partition coefficient (Wildman–Crippen LogP) is 6.40. The summed E-state index contributed by atoms with van der Waals surface area (Å²) in [5, 5.41) is 23.1. The van der Waals surface area contributed by atoms with Gasteiger partial charge in [0.1, 0.15) is 6.10 Å². The van der Waals surface area contributed by atoms with Crippen LogP contribution < -0.4 is 9.47 Å². The predicted molar refractivity (Wildman–Crippen MR) is 172 cm³/mol. The zero-order chi connectivity index (χ0) is 34.5. The number of rotatable bonds is 13. The summed E-state index contributed by atoms with van der Waals surface area (Å²) in [7, 11) is 1.50. The number of alkyl halides is 3. The first-order valence-corrected chi connectivity index (χ1v) is 15.7. The summed E-state index contributed by atoms with van der Waals surface area (Å²) in [6.45, 7) is 1.94. The molecule has 1 aliphatic heterocycles. The average Bonchev–Trinajstić information content (AvgIpc) is 3.43. The molecule has 0 spiro atoms. The van der Waals surface area contributed by atoms with Gasteiger partial charge in [0.25, 0.3) is 5.69 Å². The Morgan fingerprint density at radius 2 is 1.75 bits per heavy atom. The molecule has 1 aliphatic rings. The molecule has 1 fully saturated rings. The molecular formula is C35H38F3N3O7. The summed E-state index contributed by atoms with van der Waals surface area (Å²) in [5.41, 5.74) is -2.08. The van der Waals surface area contributed by atoms with Gasteiger partial charge in [-0.05, 0) is 55.5 Å². The largest absolute Gasteiger partial charge is 0.493 e. The number of hydrogen-bond acceptors (Lipinski definition) is 8. The Morgan fingerprint density at radius 3 is 2.40 bits per heavy atom. The third kappa shape index (κ3) is 7.74. The zero-order valence-corrected chi connectivity index (χ0v) is 26.7. The molecule has 13 heteroatoms. The van der Waals surface area contributed by atoms with E-state index in [0.29, 0.717) is 42.9 Å². The minimum atomic E-state index is -5.08. The van der Waals surface area contributed by atoms with Gasteiger partial charge in [-0.15, -0.1) is 0 Å². The number of β-amino-alcohol motifs (C(OH)–C–C–N with tert-alkyl or cyclic N) is 1. The van der Waals surface area contributed by atoms with Crippen molar-refractivity contribution in [2.45, 2.75) is 57.0 Å². The number of ether oxygens (including phenoxy) is 3. The standard InChI is InChI=1S/C35H38F3N3O7/c1-3-47-33(42)14-10-24-9-13-31(32(19-24)46-2)48-27-15-17-39(18-16-27)23-34(43,35(36,37)38)29-22-40(21-25-7-5-4-6-8-25)30-12-11-26(41(44)45)20-28(29)30/h4-9,11-13,19-20,22,27,43H,3,10,14-18,21,23H2,1-2H3. The summed E-state index contributed by atoms with van der Waals surface area (Å²) in [5.74, 6) is 0.668. The topological polar surface area (TPSA) is 116 Å². The van der Waals surface area contributed by atoms with Crippen molar-refractivity contribution in [3.05, 3.63) is 99.7 Å². The number of aromatic nitrogens is 1. The SMILES string of the molecule is CCOC(=O)CCc1ccc(OC2CCN(CC(O)(c3cn(Cc4ccccc4)c4ccc([N+](=O)[O-])cc34)C(F)(F)F)CC2)c(OC)c1. The van der Waals surface area contributed by atoms with E-state index in [1.54, 1.807) is 28.5 Å². The van der Waals surface area contributed by atoms with Gasteiger partial charge in [0.2, 0.25) is 5.60 Å². The number of esters is 1. The van der Waals surface area contributed by atoms with Crippen LogP contribution in [0.15, 0.2) is 72.9 Å². The van der Waals surface area contributed by atoms with Gasteiger partial charge in [-0.3, -0.25) is 19.8 Å². The number of nitrogens with zero attached hydrogens (tertiary/aromatic N) is 3. The van der Waals surface area contributed by atoms with Crippen LogP contribution in [-0.4, -0.2) is 71.1 Å². The van der Waals surface area contributed by atoms with Crippen LogP contribution >= 0.6 is 0 Å². The van der Waals surface area contributed by atoms with Crippen molar-refractivity contribution in [2.75, 3.05) is 33.4 Å². The monoisotopic (exact) mass is 669 g/mol. The first-order chi connectivity index (χ1) is 22.9. The Labute approximate surface area is 275 Å². The van der Waals surface area contributed by atoms with E-state index in [1.807, 2.05) is 36.4 Å². The van der Waals surface area contributed by atoms with Crippen LogP contribution in [0.2, 0.25) is 0 Å². The molecule has 1 aromatic heterocycles. The van der Waals surface area contributed by atoms with Crippen molar-refractivity contribution in [3.8, 4) is 11.5 Å². The Hall–Kier alpha value is -4.62. The van der Waals surface area contributed by atoms with Gasteiger partial charge in [0.15, 0.2) is 11.5 Å². The number of carbonyl (C=O) groups is 1. The molecule has 5 rings (SSSR count). The van der Waals surface area contributed by atoms with Crippen LogP contribution in [0, 0.1) is 10.1 Å². The highest BCUT2D eigenvalue weighted by Crippen LogP contribution is 2.44. The van der Waals surface area contributed by atoms with Crippen LogP contribution in [0.4, 0.5) is 18.9 Å². The molecule has 4 aromatic rings. The van der Waals surface area contributed by atoms with Crippen LogP contribution in [-0.2, 0) is 28.1 Å². The maximum absolute atomic E-state index is 14.9. The van der Waals surface area contributed by atoms with Crippen molar-refractivity contribution in [1.29, 1.82) is 0 Å². The van der Waals surface area contributed by atoms with Crippen LogP contribution in [0.3, 0.4) is 0 Å². The Balaban J connectivity index is 1.33. The van der Waals surface area contributed by atoms with Gasteiger partial charge in [0.05, 0.1) is 18.6 Å². The number of hydrogen-bond donors (Lipinski definition) is 1. The number of non-ortho nitro benzene ring substituents is 1. The lowest BCUT2D eigenvalue weighted by Crippen LogP contribution is -2.53. The molecule has 1 saturated heterocycles. The highest BCUT2D eigenvalue weighted by atomic mass is 19.4. The van der Waals surface area contributed by atoms with E-state index >= 15 is 0 Å². The summed E-state index contributed by atoms with van der Waals surface area (Å²) in [4.78, 5) is 24.2. The van der Waals surface area contributed by atoms with Gasteiger partial charge in [-0.25, -0.2) is 0 Å². The normalized spacial score (nSPS) is 15.6. The first kappa shape index (κ1) is 34.7. The van der Waals surface area contributed by atoms with E-state index in [9.17, 15) is 33.2 Å². The van der Waals surface area contributed by atoms with Crippen molar-refractivity contribution >= 4 is 22.6 Å². The number of likely N-dealkylation sites (tertiary alicyclic amines) is 1. The Kier molecular flexibility index (Phi) is 10.6. The molecule has 10 nitrogen and oxygen atoms in total. The molecule has 0 radical (unpaired) electrons. The molecule has 0 saturated carbocycles. The summed E-state index contributed by atoms with van der Waals surface area (Å²) >= 11 is 0. The fourth-order valence-corrected chi connectivity index (χ4v) is 6.10. The van der Waals surface area contributed by atoms with Gasteiger partial charge in [-0.1, -0.05) is 36.4 Å². The van der Waals surface area contributed by atoms with Crippen LogP contribution in [0.25, 0.3) is 10.9 Å². The van der Waals surface area contributed by atoms with E-state index in [-0.39, 0.29) is 49.2 Å². The molecule has 0 amide bonds. The van der Waals surface area contributed by atoms with E-state index in [4.69, 9.17) is 14.2 Å². The highest BCUT2D eigenvalue weighted by molar-refractivity contribution is 5.87. The van der Waals surface area contributed by atoms with Gasteiger partial charge < -0.3 is 23.9 Å². The van der Waals surface area contributed by atoms with Crippen molar-refractivity contribution in [1.82, 2.24) is 9.47 Å². The number of nitro groups is 1. The second-order valence-corrected chi connectivity index (χ2v) is 11.9. The van der Waals surface area contributed by atoms with Crippen LogP contribution in [0.1, 0.15) is 42.9 Å². The summed E-state index contributed by atoms with van der Waals surface area (Å²) in [6, 6.07) is 18.2. The van der Waals surface area contributed by atoms with Gasteiger partial charge in [-0.2, -0.15) is 13.2 Å². The third-order valence-corrected chi connectivity index (χ3v) is 8.62. The third-order valence-electron chi connectivity index (χ3n) is 8.62. The van der Waals surface area contributed by atoms with E-state index in [1.165, 1.54) is 25.4 Å². The van der Waals surface area contributed by atoms with Gasteiger partial charge >= 0.3 is 12.1 Å². The number of aryl methyl sites for hydroxylation is 1.